The highest BCUT2D eigenvalue weighted by Gasteiger charge is 2.14. The average molecular weight is 178 g/mol. The van der Waals surface area contributed by atoms with E-state index < -0.39 is 8.07 Å². The second-order valence-electron chi connectivity index (χ2n) is 3.62. The van der Waals surface area contributed by atoms with Crippen LogP contribution in [0.3, 0.4) is 0 Å². The summed E-state index contributed by atoms with van der Waals surface area (Å²) < 4.78 is 0. The molecule has 0 saturated heterocycles. The van der Waals surface area contributed by atoms with E-state index in [1.807, 2.05) is 0 Å². The monoisotopic (exact) mass is 178 g/mol. The molecule has 1 aromatic carbocycles. The van der Waals surface area contributed by atoms with E-state index in [-0.39, 0.29) is 0 Å². The van der Waals surface area contributed by atoms with Crippen molar-refractivity contribution in [1.29, 1.82) is 0 Å². The quantitative estimate of drug-likeness (QED) is 0.458. The fourth-order valence-corrected chi connectivity index (χ4v) is 2.13. The first kappa shape index (κ1) is 11.2. The van der Waals surface area contributed by atoms with Crippen molar-refractivity contribution in [2.45, 2.75) is 19.6 Å². The van der Waals surface area contributed by atoms with Gasteiger partial charge in [0.25, 0.3) is 0 Å². The first-order chi connectivity index (χ1) is 5.61. The van der Waals surface area contributed by atoms with Gasteiger partial charge in [-0.2, -0.15) is 0 Å². The molecule has 0 nitrogen and oxygen atoms in total. The lowest BCUT2D eigenvalue weighted by molar-refractivity contribution is 1.68. The largest absolute Gasteiger partial charge is 0.106 e. The van der Waals surface area contributed by atoms with E-state index in [9.17, 15) is 0 Å². The minimum Gasteiger partial charge on any atom is -0.106 e. The number of hydrogen-bond acceptors (Lipinski definition) is 0. The molecule has 0 saturated carbocycles. The lowest BCUT2D eigenvalue weighted by Crippen LogP contribution is -2.37. The molecule has 0 aromatic heterocycles. The second kappa shape index (κ2) is 4.94. The first-order valence-corrected chi connectivity index (χ1v) is 7.66. The van der Waals surface area contributed by atoms with Gasteiger partial charge in [0.1, 0.15) is 0 Å². The molecule has 1 aromatic rings. The molecule has 1 heteroatoms. The third-order valence-electron chi connectivity index (χ3n) is 1.64. The van der Waals surface area contributed by atoms with E-state index in [1.54, 1.807) is 0 Å². The molecule has 0 N–H and O–H groups in total. The van der Waals surface area contributed by atoms with Crippen LogP contribution in [0, 0.1) is 0 Å². The number of rotatable bonds is 1. The van der Waals surface area contributed by atoms with Gasteiger partial charge in [-0.05, 0) is 0 Å². The van der Waals surface area contributed by atoms with Crippen molar-refractivity contribution < 1.29 is 0 Å². The van der Waals surface area contributed by atoms with E-state index in [0.29, 0.717) is 0 Å². The maximum atomic E-state index is 3.00. The van der Waals surface area contributed by atoms with Crippen molar-refractivity contribution in [3.63, 3.8) is 0 Å². The molecule has 0 spiro atoms. The van der Waals surface area contributed by atoms with Gasteiger partial charge in [0.2, 0.25) is 0 Å². The van der Waals surface area contributed by atoms with Gasteiger partial charge >= 0.3 is 0 Å². The van der Waals surface area contributed by atoms with E-state index in [0.717, 1.165) is 0 Å². The normalized spacial score (nSPS) is 9.92. The fourth-order valence-electron chi connectivity index (χ4n) is 0.938. The molecule has 12 heavy (non-hydrogen) atoms. The van der Waals surface area contributed by atoms with Crippen LogP contribution in [0.4, 0.5) is 0 Å². The molecular weight excluding hydrogens is 160 g/mol. The summed E-state index contributed by atoms with van der Waals surface area (Å²) in [5, 5.41) is 1.54. The van der Waals surface area contributed by atoms with Crippen molar-refractivity contribution in [1.82, 2.24) is 0 Å². The lowest BCUT2D eigenvalue weighted by atomic mass is 10.4. The summed E-state index contributed by atoms with van der Waals surface area (Å²) in [6.07, 6.45) is 0. The third kappa shape index (κ3) is 3.53. The summed E-state index contributed by atoms with van der Waals surface area (Å²) in [6, 6.07) is 10.8. The van der Waals surface area contributed by atoms with Crippen LogP contribution in [0.25, 0.3) is 0 Å². The Hall–Kier alpha value is -0.823. The summed E-state index contributed by atoms with van der Waals surface area (Å²) in [5.41, 5.74) is 0. The predicted molar refractivity (Wildman–Crippen MR) is 60.7 cm³/mol. The summed E-state index contributed by atoms with van der Waals surface area (Å²) in [7, 11) is -1.03. The molecule has 66 valence electrons. The Morgan fingerprint density at radius 1 is 0.917 bits per heavy atom. The minimum absolute atomic E-state index is 1.03. The second-order valence-corrected chi connectivity index (χ2v) is 8.69. The Morgan fingerprint density at radius 3 is 1.58 bits per heavy atom. The molecule has 0 bridgehead atoms. The summed E-state index contributed by atoms with van der Waals surface area (Å²) in [5.74, 6) is 0. The summed E-state index contributed by atoms with van der Waals surface area (Å²) >= 11 is 0. The zero-order chi connectivity index (χ0) is 9.61. The summed E-state index contributed by atoms with van der Waals surface area (Å²) in [6.45, 7) is 13.1. The van der Waals surface area contributed by atoms with Gasteiger partial charge in [-0.1, -0.05) is 55.2 Å². The van der Waals surface area contributed by atoms with Crippen LogP contribution < -0.4 is 5.19 Å². The Bertz CT molecular complexity index is 208. The van der Waals surface area contributed by atoms with E-state index >= 15 is 0 Å². The van der Waals surface area contributed by atoms with E-state index in [2.05, 4.69) is 63.1 Å². The Kier molecular flexibility index (Phi) is 4.60. The topological polar surface area (TPSA) is 0 Å². The molecule has 0 aliphatic carbocycles. The van der Waals surface area contributed by atoms with Crippen molar-refractivity contribution >= 4 is 13.3 Å². The number of hydrogen-bond donors (Lipinski definition) is 0. The number of benzene rings is 1. The highest BCUT2D eigenvalue weighted by Crippen LogP contribution is 2.00. The van der Waals surface area contributed by atoms with Crippen LogP contribution in [0.2, 0.25) is 19.6 Å². The first-order valence-electron chi connectivity index (χ1n) is 4.16. The third-order valence-corrected chi connectivity index (χ3v) is 3.71. The molecule has 0 radical (unpaired) electrons. The highest BCUT2D eigenvalue weighted by atomic mass is 28.3. The zero-order valence-corrected chi connectivity index (χ0v) is 9.30. The molecule has 0 unspecified atom stereocenters. The van der Waals surface area contributed by atoms with Gasteiger partial charge in [0.15, 0.2) is 0 Å². The maximum absolute atomic E-state index is 3.00. The van der Waals surface area contributed by atoms with Gasteiger partial charge in [-0.15, -0.1) is 13.2 Å². The Labute approximate surface area is 77.0 Å². The van der Waals surface area contributed by atoms with Crippen LogP contribution in [0.15, 0.2) is 43.5 Å². The van der Waals surface area contributed by atoms with Crippen LogP contribution in [-0.2, 0) is 0 Å². The van der Waals surface area contributed by atoms with Crippen LogP contribution >= 0.6 is 0 Å². The average Bonchev–Trinajstić information content (AvgIpc) is 2.08. The van der Waals surface area contributed by atoms with Crippen molar-refractivity contribution in [2.75, 3.05) is 0 Å². The summed E-state index contributed by atoms with van der Waals surface area (Å²) in [4.78, 5) is 0. The van der Waals surface area contributed by atoms with Gasteiger partial charge in [-0.25, -0.2) is 0 Å². The molecule has 0 atom stereocenters. The Morgan fingerprint density at radius 2 is 1.33 bits per heavy atom. The van der Waals surface area contributed by atoms with Gasteiger partial charge in [0.05, 0.1) is 8.07 Å². The minimum atomic E-state index is -1.03. The van der Waals surface area contributed by atoms with Gasteiger partial charge in [0, 0.05) is 0 Å². The lowest BCUT2D eigenvalue weighted by Gasteiger charge is -2.15. The highest BCUT2D eigenvalue weighted by molar-refractivity contribution is 6.88. The van der Waals surface area contributed by atoms with Crippen molar-refractivity contribution in [3.8, 4) is 0 Å². The molecule has 0 amide bonds. The predicted octanol–water partition coefficient (Wildman–Crippen LogP) is 3.03. The van der Waals surface area contributed by atoms with E-state index in [4.69, 9.17) is 0 Å². The van der Waals surface area contributed by atoms with Crippen molar-refractivity contribution in [3.05, 3.63) is 43.5 Å². The van der Waals surface area contributed by atoms with Gasteiger partial charge < -0.3 is 0 Å². The zero-order valence-electron chi connectivity index (χ0n) is 8.30. The van der Waals surface area contributed by atoms with E-state index in [1.165, 1.54) is 5.19 Å². The molecule has 0 aliphatic rings. The Balaban J connectivity index is 0.000000561. The fraction of sp³-hybridized carbons (Fsp3) is 0.273. The standard InChI is InChI=1S/C9H14Si.C2H4/c1-10(2,3)9-7-5-4-6-8-9;1-2/h4-8H,1-3H3;1-2H2. The molecule has 0 fully saturated rings. The van der Waals surface area contributed by atoms with Gasteiger partial charge in [-0.3, -0.25) is 0 Å². The van der Waals surface area contributed by atoms with Crippen molar-refractivity contribution in [2.24, 2.45) is 0 Å². The molecule has 1 rings (SSSR count). The van der Waals surface area contributed by atoms with Crippen LogP contribution in [0.1, 0.15) is 0 Å². The maximum Gasteiger partial charge on any atom is 0.0775 e. The SMILES string of the molecule is C=C.C[Si](C)(C)c1ccccc1. The smallest absolute Gasteiger partial charge is 0.0775 e. The molecule has 0 aliphatic heterocycles. The van der Waals surface area contributed by atoms with Crippen LogP contribution in [0.5, 0.6) is 0 Å². The molecule has 0 heterocycles. The molecular formula is C11H18Si. The van der Waals surface area contributed by atoms with Crippen LogP contribution in [-0.4, -0.2) is 8.07 Å².